The Kier molecular flexibility index (Phi) is 3.45. The Hall–Kier alpha value is -1.31. The molecule has 3 atom stereocenters. The Morgan fingerprint density at radius 3 is 2.96 bits per heavy atom. The highest BCUT2D eigenvalue weighted by atomic mass is 32.1. The number of aromatic nitrogens is 3. The first-order valence-corrected chi connectivity index (χ1v) is 9.32. The third-order valence-electron chi connectivity index (χ3n) is 5.14. The maximum Gasteiger partial charge on any atom is 0.245 e. The molecule has 0 bridgehead atoms. The quantitative estimate of drug-likeness (QED) is 0.858. The molecule has 1 aliphatic carbocycles. The first kappa shape index (κ1) is 14.1. The minimum atomic E-state index is -0.00943. The predicted octanol–water partition coefficient (Wildman–Crippen LogP) is 2.76. The molecule has 0 spiro atoms. The van der Waals surface area contributed by atoms with Crippen LogP contribution in [0.5, 0.6) is 0 Å². The van der Waals surface area contributed by atoms with Gasteiger partial charge in [-0.1, -0.05) is 0 Å². The van der Waals surface area contributed by atoms with Gasteiger partial charge in [0.2, 0.25) is 11.8 Å². The van der Waals surface area contributed by atoms with Gasteiger partial charge in [-0.05, 0) is 38.1 Å². The van der Waals surface area contributed by atoms with Crippen molar-refractivity contribution in [2.24, 2.45) is 5.92 Å². The van der Waals surface area contributed by atoms with Gasteiger partial charge in [0, 0.05) is 24.0 Å². The van der Waals surface area contributed by atoms with E-state index >= 15 is 0 Å². The lowest BCUT2D eigenvalue weighted by Crippen LogP contribution is -2.41. The van der Waals surface area contributed by atoms with Crippen LogP contribution in [0.2, 0.25) is 0 Å². The summed E-state index contributed by atoms with van der Waals surface area (Å²) in [5.41, 5.74) is 0. The monoisotopic (exact) mass is 332 g/mol. The molecule has 0 N–H and O–H groups in total. The molecule has 2 aliphatic heterocycles. The van der Waals surface area contributed by atoms with E-state index in [-0.39, 0.29) is 12.2 Å². The van der Waals surface area contributed by atoms with Crippen molar-refractivity contribution in [3.05, 3.63) is 28.4 Å². The van der Waals surface area contributed by atoms with E-state index in [1.807, 2.05) is 11.6 Å². The van der Waals surface area contributed by atoms with Crippen LogP contribution in [0.15, 0.2) is 16.0 Å². The summed E-state index contributed by atoms with van der Waals surface area (Å²) in [7, 11) is 0. The van der Waals surface area contributed by atoms with Crippen LogP contribution in [0.25, 0.3) is 0 Å². The van der Waals surface area contributed by atoms with Crippen molar-refractivity contribution < 1.29 is 9.15 Å². The maximum atomic E-state index is 6.26. The second kappa shape index (κ2) is 5.65. The summed E-state index contributed by atoms with van der Waals surface area (Å²) >= 11 is 1.72. The molecule has 2 aromatic rings. The van der Waals surface area contributed by atoms with Crippen LogP contribution in [-0.4, -0.2) is 39.3 Å². The molecule has 7 heteroatoms. The van der Waals surface area contributed by atoms with E-state index in [1.165, 1.54) is 24.3 Å². The van der Waals surface area contributed by atoms with Crippen molar-refractivity contribution >= 4 is 11.3 Å². The number of ether oxygens (including phenoxy) is 1. The first-order valence-electron chi connectivity index (χ1n) is 8.44. The van der Waals surface area contributed by atoms with Gasteiger partial charge in [-0.3, -0.25) is 4.90 Å². The summed E-state index contributed by atoms with van der Waals surface area (Å²) in [5, 5.41) is 11.6. The highest BCUT2D eigenvalue weighted by Gasteiger charge is 2.42. The Balaban J connectivity index is 1.23. The van der Waals surface area contributed by atoms with Gasteiger partial charge < -0.3 is 9.15 Å². The van der Waals surface area contributed by atoms with Crippen LogP contribution in [0.1, 0.15) is 54.5 Å². The molecule has 4 heterocycles. The van der Waals surface area contributed by atoms with E-state index in [1.54, 1.807) is 11.3 Å². The molecule has 6 nitrogen and oxygen atoms in total. The average Bonchev–Trinajstić information content (AvgIpc) is 2.99. The number of nitrogens with zero attached hydrogens (tertiary/aromatic N) is 4. The fourth-order valence-corrected chi connectivity index (χ4v) is 4.35. The lowest BCUT2D eigenvalue weighted by molar-refractivity contribution is -0.0177. The van der Waals surface area contributed by atoms with Crippen molar-refractivity contribution in [2.75, 3.05) is 13.1 Å². The second-order valence-corrected chi connectivity index (χ2v) is 7.84. The number of likely N-dealkylation sites (tertiary alicyclic amines) is 1. The minimum Gasteiger partial charge on any atom is -0.422 e. The zero-order chi connectivity index (χ0) is 15.2. The zero-order valence-electron chi connectivity index (χ0n) is 12.9. The van der Waals surface area contributed by atoms with E-state index in [4.69, 9.17) is 9.15 Å². The smallest absolute Gasteiger partial charge is 0.245 e. The van der Waals surface area contributed by atoms with Crippen molar-refractivity contribution in [1.82, 2.24) is 20.1 Å². The molecule has 122 valence electrons. The fourth-order valence-electron chi connectivity index (χ4n) is 3.69. The van der Waals surface area contributed by atoms with Crippen LogP contribution in [0.3, 0.4) is 0 Å². The number of piperidine rings is 1. The molecular formula is C16H20N4O2S. The summed E-state index contributed by atoms with van der Waals surface area (Å²) in [6, 6.07) is 0. The van der Waals surface area contributed by atoms with E-state index in [0.29, 0.717) is 17.7 Å². The highest BCUT2D eigenvalue weighted by molar-refractivity contribution is 7.09. The highest BCUT2D eigenvalue weighted by Crippen LogP contribution is 2.43. The molecular weight excluding hydrogens is 312 g/mol. The maximum absolute atomic E-state index is 6.26. The average molecular weight is 332 g/mol. The van der Waals surface area contributed by atoms with Gasteiger partial charge in [-0.25, -0.2) is 4.98 Å². The molecule has 1 saturated carbocycles. The molecule has 0 amide bonds. The standard InChI is InChI=1S/C16H20N4O2S/c1-2-10(1)15-18-19-16(22-15)12-7-11-3-5-20(8-13(11)21-12)9-14-17-4-6-23-14/h4,6,10-13H,1-3,5,7-9H2/t11-,12+,13+/m0/s1. The van der Waals surface area contributed by atoms with Crippen LogP contribution < -0.4 is 0 Å². The lowest BCUT2D eigenvalue weighted by atomic mass is 9.92. The number of hydrogen-bond acceptors (Lipinski definition) is 7. The van der Waals surface area contributed by atoms with Crippen molar-refractivity contribution in [2.45, 2.75) is 50.4 Å². The molecule has 0 aromatic carbocycles. The molecule has 0 unspecified atom stereocenters. The topological polar surface area (TPSA) is 64.3 Å². The largest absolute Gasteiger partial charge is 0.422 e. The van der Waals surface area contributed by atoms with Gasteiger partial charge in [0.15, 0.2) is 0 Å². The number of fused-ring (bicyclic) bond motifs is 1. The number of rotatable bonds is 4. The van der Waals surface area contributed by atoms with Gasteiger partial charge in [0.25, 0.3) is 0 Å². The van der Waals surface area contributed by atoms with Crippen LogP contribution in [0, 0.1) is 5.92 Å². The van der Waals surface area contributed by atoms with Crippen molar-refractivity contribution in [3.63, 3.8) is 0 Å². The SMILES string of the molecule is c1csc(CN2CC[C@H]3C[C@H](c4nnc(C5CC5)o4)O[C@@H]3C2)n1. The van der Waals surface area contributed by atoms with Gasteiger partial charge in [-0.2, -0.15) is 0 Å². The van der Waals surface area contributed by atoms with Crippen LogP contribution in [-0.2, 0) is 11.3 Å². The summed E-state index contributed by atoms with van der Waals surface area (Å²) in [5.74, 6) is 2.62. The summed E-state index contributed by atoms with van der Waals surface area (Å²) in [6.07, 6.45) is 6.71. The van der Waals surface area contributed by atoms with Crippen molar-refractivity contribution in [3.8, 4) is 0 Å². The number of hydrogen-bond donors (Lipinski definition) is 0. The summed E-state index contributed by atoms with van der Waals surface area (Å²) < 4.78 is 12.1. The molecule has 3 aliphatic rings. The van der Waals surface area contributed by atoms with E-state index in [0.717, 1.165) is 31.9 Å². The van der Waals surface area contributed by atoms with E-state index < -0.39 is 0 Å². The number of thiazole rings is 1. The fraction of sp³-hybridized carbons (Fsp3) is 0.688. The van der Waals surface area contributed by atoms with Gasteiger partial charge >= 0.3 is 0 Å². The Bertz CT molecular complexity index is 669. The molecule has 3 fully saturated rings. The third kappa shape index (κ3) is 2.81. The third-order valence-corrected chi connectivity index (χ3v) is 5.90. The molecule has 23 heavy (non-hydrogen) atoms. The van der Waals surface area contributed by atoms with Gasteiger partial charge in [0.05, 0.1) is 12.6 Å². The predicted molar refractivity (Wildman–Crippen MR) is 84.0 cm³/mol. The Labute approximate surface area is 138 Å². The molecule has 2 aromatic heterocycles. The van der Waals surface area contributed by atoms with E-state index in [2.05, 4.69) is 20.1 Å². The molecule has 0 radical (unpaired) electrons. The second-order valence-electron chi connectivity index (χ2n) is 6.86. The van der Waals surface area contributed by atoms with E-state index in [9.17, 15) is 0 Å². The Morgan fingerprint density at radius 1 is 1.22 bits per heavy atom. The molecule has 2 saturated heterocycles. The summed E-state index contributed by atoms with van der Waals surface area (Å²) in [4.78, 5) is 6.84. The summed E-state index contributed by atoms with van der Waals surface area (Å²) in [6.45, 7) is 3.03. The minimum absolute atomic E-state index is 0.00943. The van der Waals surface area contributed by atoms with Gasteiger partial charge in [-0.15, -0.1) is 21.5 Å². The van der Waals surface area contributed by atoms with Crippen LogP contribution in [0.4, 0.5) is 0 Å². The normalized spacial score (nSPS) is 31.4. The Morgan fingerprint density at radius 2 is 2.13 bits per heavy atom. The lowest BCUT2D eigenvalue weighted by Gasteiger charge is -2.33. The first-order chi connectivity index (χ1) is 11.3. The molecule has 5 rings (SSSR count). The van der Waals surface area contributed by atoms with Crippen molar-refractivity contribution in [1.29, 1.82) is 0 Å². The van der Waals surface area contributed by atoms with Gasteiger partial charge in [0.1, 0.15) is 11.1 Å². The zero-order valence-corrected chi connectivity index (χ0v) is 13.7. The van der Waals surface area contributed by atoms with Crippen LogP contribution >= 0.6 is 11.3 Å².